The third-order valence-electron chi connectivity index (χ3n) is 1.95. The molecule has 0 atom stereocenters. The van der Waals surface area contributed by atoms with Crippen LogP contribution in [0.3, 0.4) is 0 Å². The Morgan fingerprint density at radius 2 is 2.25 bits per heavy atom. The first-order chi connectivity index (χ1) is 7.70. The summed E-state index contributed by atoms with van der Waals surface area (Å²) in [6.07, 6.45) is 0. The van der Waals surface area contributed by atoms with Crippen molar-refractivity contribution < 1.29 is 4.74 Å². The third kappa shape index (κ3) is 2.13. The maximum atomic E-state index is 8.78. The van der Waals surface area contributed by atoms with E-state index in [-0.39, 0.29) is 11.0 Å². The summed E-state index contributed by atoms with van der Waals surface area (Å²) in [5.74, 6) is 0.832. The zero-order chi connectivity index (χ0) is 11.5. The molecule has 4 nitrogen and oxygen atoms in total. The molecule has 0 spiro atoms. The van der Waals surface area contributed by atoms with Crippen LogP contribution >= 0.6 is 23.3 Å². The number of aryl methyl sites for hydroxylation is 1. The van der Waals surface area contributed by atoms with E-state index in [4.69, 9.17) is 21.6 Å². The van der Waals surface area contributed by atoms with Crippen molar-refractivity contribution in [2.24, 2.45) is 0 Å². The minimum absolute atomic E-state index is 0.228. The Labute approximate surface area is 101 Å². The van der Waals surface area contributed by atoms with Crippen LogP contribution in [-0.4, -0.2) is 8.75 Å². The quantitative estimate of drug-likeness (QED) is 0.823. The molecule has 6 heteroatoms. The van der Waals surface area contributed by atoms with E-state index in [2.05, 4.69) is 8.75 Å². The molecule has 0 aliphatic rings. The first-order valence-electron chi connectivity index (χ1n) is 4.37. The van der Waals surface area contributed by atoms with Gasteiger partial charge in [-0.2, -0.15) is 9.64 Å². The van der Waals surface area contributed by atoms with Gasteiger partial charge < -0.3 is 4.74 Å². The maximum Gasteiger partial charge on any atom is 0.270 e. The number of ether oxygens (including phenoxy) is 1. The minimum atomic E-state index is 0.228. The van der Waals surface area contributed by atoms with Crippen LogP contribution in [0, 0.1) is 18.3 Å². The van der Waals surface area contributed by atoms with Gasteiger partial charge in [0.1, 0.15) is 5.75 Å². The van der Waals surface area contributed by atoms with Gasteiger partial charge in [-0.05, 0) is 24.6 Å². The zero-order valence-corrected chi connectivity index (χ0v) is 9.84. The second-order valence-electron chi connectivity index (χ2n) is 3.05. The Bertz CT molecular complexity index is 561. The largest absolute Gasteiger partial charge is 0.435 e. The van der Waals surface area contributed by atoms with Crippen LogP contribution in [0.1, 0.15) is 11.1 Å². The van der Waals surface area contributed by atoms with Crippen molar-refractivity contribution >= 4 is 23.3 Å². The molecule has 0 aliphatic heterocycles. The minimum Gasteiger partial charge on any atom is -0.435 e. The van der Waals surface area contributed by atoms with Crippen LogP contribution in [0.5, 0.6) is 11.6 Å². The Morgan fingerprint density at radius 1 is 1.44 bits per heavy atom. The zero-order valence-electron chi connectivity index (χ0n) is 8.27. The summed E-state index contributed by atoms with van der Waals surface area (Å²) in [6.45, 7) is 1.88. The van der Waals surface area contributed by atoms with Gasteiger partial charge in [0.15, 0.2) is 0 Å². The summed E-state index contributed by atoms with van der Waals surface area (Å²) in [5.41, 5.74) is 1.43. The van der Waals surface area contributed by atoms with E-state index < -0.39 is 0 Å². The molecule has 1 aromatic heterocycles. The van der Waals surface area contributed by atoms with Crippen molar-refractivity contribution in [1.82, 2.24) is 8.75 Å². The number of hydrogen-bond acceptors (Lipinski definition) is 5. The normalized spacial score (nSPS) is 9.81. The maximum absolute atomic E-state index is 8.78. The smallest absolute Gasteiger partial charge is 0.270 e. The summed E-state index contributed by atoms with van der Waals surface area (Å²) >= 11 is 6.74. The highest BCUT2D eigenvalue weighted by Crippen LogP contribution is 2.29. The number of nitriles is 1. The van der Waals surface area contributed by atoms with E-state index in [0.717, 1.165) is 17.3 Å². The van der Waals surface area contributed by atoms with Gasteiger partial charge in [-0.25, -0.2) is 0 Å². The fourth-order valence-corrected chi connectivity index (χ4v) is 1.73. The number of halogens is 1. The number of rotatable bonds is 2. The van der Waals surface area contributed by atoms with Gasteiger partial charge in [0, 0.05) is 0 Å². The lowest BCUT2D eigenvalue weighted by molar-refractivity contribution is 0.464. The van der Waals surface area contributed by atoms with Crippen molar-refractivity contribution in [2.75, 3.05) is 0 Å². The van der Waals surface area contributed by atoms with E-state index >= 15 is 0 Å². The van der Waals surface area contributed by atoms with Crippen LogP contribution in [0.25, 0.3) is 0 Å². The lowest BCUT2D eigenvalue weighted by Crippen LogP contribution is -1.89. The molecule has 16 heavy (non-hydrogen) atoms. The van der Waals surface area contributed by atoms with Crippen molar-refractivity contribution in [1.29, 1.82) is 5.26 Å². The molecule has 2 aromatic rings. The average Bonchev–Trinajstić information content (AvgIpc) is 2.68. The molecular weight excluding hydrogens is 246 g/mol. The molecule has 0 bridgehead atoms. The van der Waals surface area contributed by atoms with Crippen LogP contribution in [-0.2, 0) is 0 Å². The Hall–Kier alpha value is -1.64. The summed E-state index contributed by atoms with van der Waals surface area (Å²) in [7, 11) is 0. The second-order valence-corrected chi connectivity index (χ2v) is 3.94. The molecule has 0 amide bonds. The summed E-state index contributed by atoms with van der Waals surface area (Å²) in [4.78, 5) is 0. The predicted molar refractivity (Wildman–Crippen MR) is 60.9 cm³/mol. The van der Waals surface area contributed by atoms with Crippen molar-refractivity contribution in [3.8, 4) is 17.7 Å². The van der Waals surface area contributed by atoms with E-state index in [9.17, 15) is 0 Å². The van der Waals surface area contributed by atoms with Gasteiger partial charge in [-0.3, -0.25) is 0 Å². The monoisotopic (exact) mass is 251 g/mol. The van der Waals surface area contributed by atoms with Gasteiger partial charge >= 0.3 is 0 Å². The first kappa shape index (κ1) is 10.9. The Balaban J connectivity index is 2.35. The lowest BCUT2D eigenvalue weighted by Gasteiger charge is -2.05. The highest BCUT2D eigenvalue weighted by atomic mass is 35.5. The van der Waals surface area contributed by atoms with E-state index in [1.807, 2.05) is 19.1 Å². The topological polar surface area (TPSA) is 58.8 Å². The van der Waals surface area contributed by atoms with Crippen molar-refractivity contribution in [3.63, 3.8) is 0 Å². The van der Waals surface area contributed by atoms with E-state index in [1.165, 1.54) is 0 Å². The molecule has 0 aliphatic carbocycles. The fraction of sp³-hybridized carbons (Fsp3) is 0.100. The number of hydrogen-bond donors (Lipinski definition) is 0. The fourth-order valence-electron chi connectivity index (χ4n) is 1.11. The van der Waals surface area contributed by atoms with Crippen molar-refractivity contribution in [2.45, 2.75) is 6.92 Å². The van der Waals surface area contributed by atoms with Gasteiger partial charge in [0.05, 0.1) is 23.4 Å². The highest BCUT2D eigenvalue weighted by Gasteiger charge is 2.10. The molecule has 80 valence electrons. The van der Waals surface area contributed by atoms with Crippen LogP contribution < -0.4 is 4.74 Å². The van der Waals surface area contributed by atoms with Crippen molar-refractivity contribution in [3.05, 3.63) is 34.5 Å². The molecule has 0 saturated carbocycles. The summed E-state index contributed by atoms with van der Waals surface area (Å²) in [5, 5.41) is 9.00. The van der Waals surface area contributed by atoms with Gasteiger partial charge in [0.2, 0.25) is 5.15 Å². The second kappa shape index (κ2) is 4.47. The van der Waals surface area contributed by atoms with E-state index in [1.54, 1.807) is 12.1 Å². The SMILES string of the molecule is Cc1ccc(C#N)cc1Oc1nsnc1Cl. The first-order valence-corrected chi connectivity index (χ1v) is 5.48. The predicted octanol–water partition coefficient (Wildman–Crippen LogP) is 3.16. The number of benzene rings is 1. The average molecular weight is 252 g/mol. The molecule has 0 saturated heterocycles. The van der Waals surface area contributed by atoms with E-state index in [0.29, 0.717) is 11.3 Å². The Kier molecular flexibility index (Phi) is 3.04. The third-order valence-corrected chi connectivity index (χ3v) is 2.80. The van der Waals surface area contributed by atoms with Crippen LogP contribution in [0.4, 0.5) is 0 Å². The summed E-state index contributed by atoms with van der Waals surface area (Å²) < 4.78 is 13.2. The number of nitrogens with zero attached hydrogens (tertiary/aromatic N) is 3. The van der Waals surface area contributed by atoms with Gasteiger partial charge in [-0.1, -0.05) is 17.7 Å². The molecule has 2 rings (SSSR count). The number of aromatic nitrogens is 2. The van der Waals surface area contributed by atoms with Crippen LogP contribution in [0.15, 0.2) is 18.2 Å². The molecule has 0 N–H and O–H groups in total. The molecular formula is C10H6ClN3OS. The van der Waals surface area contributed by atoms with Gasteiger partial charge in [-0.15, -0.1) is 4.37 Å². The lowest BCUT2D eigenvalue weighted by atomic mass is 10.1. The molecule has 1 heterocycles. The van der Waals surface area contributed by atoms with Crippen LogP contribution in [0.2, 0.25) is 5.15 Å². The summed E-state index contributed by atoms with van der Waals surface area (Å²) in [6, 6.07) is 7.22. The molecule has 0 radical (unpaired) electrons. The standard InChI is InChI=1S/C10H6ClN3OS/c1-6-2-3-7(5-12)4-8(6)15-10-9(11)13-16-14-10/h2-4H,1H3. The van der Waals surface area contributed by atoms with Gasteiger partial charge in [0.25, 0.3) is 5.88 Å². The highest BCUT2D eigenvalue weighted by molar-refractivity contribution is 6.99. The molecule has 0 fully saturated rings. The molecule has 1 aromatic carbocycles. The molecule has 0 unspecified atom stereocenters. The Morgan fingerprint density at radius 3 is 2.88 bits per heavy atom.